The first-order valence-electron chi connectivity index (χ1n) is 3.48. The van der Waals surface area contributed by atoms with E-state index in [1.165, 1.54) is 0 Å². The molecule has 0 radical (unpaired) electrons. The molecular weight excluding hydrogens is 253 g/mol. The maximum atomic E-state index is 10.9. The van der Waals surface area contributed by atoms with Crippen LogP contribution < -0.4 is 0 Å². The molecule has 0 fully saturated rings. The molecule has 0 aliphatic rings. The van der Waals surface area contributed by atoms with E-state index in [1.54, 1.807) is 18.2 Å². The SMILES string of the molecule is N#Cc1cccc(C(=O)Cl)c1CBr. The Bertz CT molecular complexity index is 384. The Labute approximate surface area is 89.3 Å². The summed E-state index contributed by atoms with van der Waals surface area (Å²) in [5.74, 6) is 0. The number of rotatable bonds is 2. The van der Waals surface area contributed by atoms with Crippen molar-refractivity contribution in [3.05, 3.63) is 34.9 Å². The van der Waals surface area contributed by atoms with E-state index in [1.807, 2.05) is 6.07 Å². The molecule has 0 bridgehead atoms. The molecule has 2 nitrogen and oxygen atoms in total. The molecule has 1 aromatic rings. The third-order valence-corrected chi connectivity index (χ3v) is 2.41. The molecule has 1 rings (SSSR count). The topological polar surface area (TPSA) is 40.9 Å². The van der Waals surface area contributed by atoms with Crippen LogP contribution in [-0.2, 0) is 5.33 Å². The summed E-state index contributed by atoms with van der Waals surface area (Å²) < 4.78 is 0. The third-order valence-electron chi connectivity index (χ3n) is 1.64. The van der Waals surface area contributed by atoms with Crippen LogP contribution in [0.15, 0.2) is 18.2 Å². The quantitative estimate of drug-likeness (QED) is 0.604. The summed E-state index contributed by atoms with van der Waals surface area (Å²) in [4.78, 5) is 10.9. The van der Waals surface area contributed by atoms with Gasteiger partial charge in [-0.2, -0.15) is 5.26 Å². The van der Waals surface area contributed by atoms with Crippen LogP contribution in [0.3, 0.4) is 0 Å². The van der Waals surface area contributed by atoms with Crippen molar-refractivity contribution < 1.29 is 4.79 Å². The predicted octanol–water partition coefficient (Wildman–Crippen LogP) is 2.83. The number of halogens is 2. The number of carbonyl (C=O) groups is 1. The summed E-state index contributed by atoms with van der Waals surface area (Å²) in [5.41, 5.74) is 1.51. The summed E-state index contributed by atoms with van der Waals surface area (Å²) in [6.45, 7) is 0. The van der Waals surface area contributed by atoms with E-state index in [2.05, 4.69) is 15.9 Å². The van der Waals surface area contributed by atoms with Crippen molar-refractivity contribution >= 4 is 32.8 Å². The van der Waals surface area contributed by atoms with Crippen LogP contribution in [0.25, 0.3) is 0 Å². The summed E-state index contributed by atoms with van der Waals surface area (Å²) in [7, 11) is 0. The number of benzene rings is 1. The van der Waals surface area contributed by atoms with Gasteiger partial charge in [0.05, 0.1) is 11.6 Å². The highest BCUT2D eigenvalue weighted by Gasteiger charge is 2.11. The monoisotopic (exact) mass is 257 g/mol. The van der Waals surface area contributed by atoms with Crippen molar-refractivity contribution in [3.63, 3.8) is 0 Å². The van der Waals surface area contributed by atoms with Crippen molar-refractivity contribution in [3.8, 4) is 6.07 Å². The molecule has 0 unspecified atom stereocenters. The lowest BCUT2D eigenvalue weighted by Crippen LogP contribution is -1.98. The molecule has 0 saturated carbocycles. The van der Waals surface area contributed by atoms with Crippen LogP contribution in [0.1, 0.15) is 21.5 Å². The van der Waals surface area contributed by atoms with Crippen molar-refractivity contribution in [2.75, 3.05) is 0 Å². The second kappa shape index (κ2) is 4.40. The number of nitrogens with zero attached hydrogens (tertiary/aromatic N) is 1. The number of nitriles is 1. The van der Waals surface area contributed by atoms with Crippen LogP contribution in [0.4, 0.5) is 0 Å². The van der Waals surface area contributed by atoms with Crippen LogP contribution in [-0.4, -0.2) is 5.24 Å². The van der Waals surface area contributed by atoms with Gasteiger partial charge < -0.3 is 0 Å². The van der Waals surface area contributed by atoms with Gasteiger partial charge in [-0.15, -0.1) is 0 Å². The van der Waals surface area contributed by atoms with Crippen molar-refractivity contribution in [1.29, 1.82) is 5.26 Å². The number of alkyl halides is 1. The Morgan fingerprint density at radius 2 is 2.31 bits per heavy atom. The first-order chi connectivity index (χ1) is 6.20. The molecule has 0 saturated heterocycles. The molecule has 0 heterocycles. The number of carbonyl (C=O) groups excluding carboxylic acids is 1. The van der Waals surface area contributed by atoms with Crippen LogP contribution >= 0.6 is 27.5 Å². The fraction of sp³-hybridized carbons (Fsp3) is 0.111. The highest BCUT2D eigenvalue weighted by molar-refractivity contribution is 9.08. The summed E-state index contributed by atoms with van der Waals surface area (Å²) in [6, 6.07) is 6.90. The molecule has 0 atom stereocenters. The fourth-order valence-electron chi connectivity index (χ4n) is 1.02. The smallest absolute Gasteiger partial charge is 0.252 e. The van der Waals surface area contributed by atoms with E-state index in [4.69, 9.17) is 16.9 Å². The van der Waals surface area contributed by atoms with E-state index >= 15 is 0 Å². The lowest BCUT2D eigenvalue weighted by molar-refractivity contribution is 0.108. The Morgan fingerprint density at radius 3 is 2.77 bits per heavy atom. The van der Waals surface area contributed by atoms with Crippen molar-refractivity contribution in [2.24, 2.45) is 0 Å². The van der Waals surface area contributed by atoms with Gasteiger partial charge in [0.1, 0.15) is 0 Å². The minimum Gasteiger partial charge on any atom is -0.276 e. The van der Waals surface area contributed by atoms with Gasteiger partial charge >= 0.3 is 0 Å². The molecular formula is C9H5BrClNO. The minimum atomic E-state index is -0.536. The maximum absolute atomic E-state index is 10.9. The Hall–Kier alpha value is -0.850. The molecule has 4 heteroatoms. The first kappa shape index (κ1) is 10.2. The number of hydrogen-bond donors (Lipinski definition) is 0. The van der Waals surface area contributed by atoms with E-state index in [9.17, 15) is 4.79 Å². The van der Waals surface area contributed by atoms with Gasteiger partial charge in [0, 0.05) is 10.9 Å². The van der Waals surface area contributed by atoms with Crippen LogP contribution in [0, 0.1) is 11.3 Å². The second-order valence-electron chi connectivity index (χ2n) is 2.35. The van der Waals surface area contributed by atoms with Gasteiger partial charge in [0.15, 0.2) is 0 Å². The zero-order valence-electron chi connectivity index (χ0n) is 6.55. The fourth-order valence-corrected chi connectivity index (χ4v) is 1.80. The van der Waals surface area contributed by atoms with E-state index in [0.29, 0.717) is 22.0 Å². The third kappa shape index (κ3) is 2.09. The molecule has 66 valence electrons. The molecule has 0 spiro atoms. The van der Waals surface area contributed by atoms with Crippen LogP contribution in [0.2, 0.25) is 0 Å². The number of hydrogen-bond acceptors (Lipinski definition) is 2. The summed E-state index contributed by atoms with van der Waals surface area (Å²) in [5, 5.41) is 8.64. The molecule has 0 amide bonds. The standard InChI is InChI=1S/C9H5BrClNO/c10-4-8-6(5-12)2-1-3-7(8)9(11)13/h1-3H,4H2. The van der Waals surface area contributed by atoms with Gasteiger partial charge in [-0.3, -0.25) is 4.79 Å². The second-order valence-corrected chi connectivity index (χ2v) is 3.25. The summed E-state index contributed by atoms with van der Waals surface area (Å²) in [6.07, 6.45) is 0. The highest BCUT2D eigenvalue weighted by atomic mass is 79.9. The first-order valence-corrected chi connectivity index (χ1v) is 4.98. The van der Waals surface area contributed by atoms with Gasteiger partial charge in [-0.1, -0.05) is 22.0 Å². The normalized spacial score (nSPS) is 9.31. The molecule has 1 aromatic carbocycles. The molecule has 0 N–H and O–H groups in total. The van der Waals surface area contributed by atoms with Gasteiger partial charge in [0.25, 0.3) is 5.24 Å². The summed E-state index contributed by atoms with van der Waals surface area (Å²) >= 11 is 8.55. The zero-order chi connectivity index (χ0) is 9.84. The zero-order valence-corrected chi connectivity index (χ0v) is 8.89. The average molecular weight is 259 g/mol. The van der Waals surface area contributed by atoms with Crippen LogP contribution in [0.5, 0.6) is 0 Å². The Kier molecular flexibility index (Phi) is 3.47. The predicted molar refractivity (Wildman–Crippen MR) is 54.0 cm³/mol. The maximum Gasteiger partial charge on any atom is 0.252 e. The largest absolute Gasteiger partial charge is 0.276 e. The van der Waals surface area contributed by atoms with E-state index in [0.717, 1.165) is 0 Å². The lowest BCUT2D eigenvalue weighted by Gasteiger charge is -2.03. The minimum absolute atomic E-state index is 0.387. The molecule has 0 aliphatic carbocycles. The average Bonchev–Trinajstić information content (AvgIpc) is 2.16. The highest BCUT2D eigenvalue weighted by Crippen LogP contribution is 2.19. The molecule has 13 heavy (non-hydrogen) atoms. The Morgan fingerprint density at radius 1 is 1.62 bits per heavy atom. The van der Waals surface area contributed by atoms with Crippen molar-refractivity contribution in [1.82, 2.24) is 0 Å². The van der Waals surface area contributed by atoms with Gasteiger partial charge in [0.2, 0.25) is 0 Å². The van der Waals surface area contributed by atoms with Gasteiger partial charge in [-0.25, -0.2) is 0 Å². The van der Waals surface area contributed by atoms with E-state index in [-0.39, 0.29) is 0 Å². The van der Waals surface area contributed by atoms with E-state index < -0.39 is 5.24 Å². The lowest BCUT2D eigenvalue weighted by atomic mass is 10.0. The Balaban J connectivity index is 3.38. The molecule has 0 aliphatic heterocycles. The van der Waals surface area contributed by atoms with Gasteiger partial charge in [-0.05, 0) is 29.3 Å². The van der Waals surface area contributed by atoms with Crippen molar-refractivity contribution in [2.45, 2.75) is 5.33 Å². The molecule has 0 aromatic heterocycles.